The molecule has 0 bridgehead atoms. The molecule has 0 spiro atoms. The maximum absolute atomic E-state index is 11.5. The van der Waals surface area contributed by atoms with E-state index in [2.05, 4.69) is 4.74 Å². The molecule has 2 rings (SSSR count). The number of rotatable bonds is 4. The SMILES string of the molecule is COC(=O)/C=C(\Oc1ccc(C)cc1)c1ccc(C)cc1. The van der Waals surface area contributed by atoms with Crippen LogP contribution in [-0.2, 0) is 9.53 Å². The molecular formula is C18H18O3. The lowest BCUT2D eigenvalue weighted by Gasteiger charge is -2.11. The molecule has 0 saturated heterocycles. The van der Waals surface area contributed by atoms with Gasteiger partial charge in [-0.15, -0.1) is 0 Å². The van der Waals surface area contributed by atoms with Gasteiger partial charge in [-0.2, -0.15) is 0 Å². The molecule has 21 heavy (non-hydrogen) atoms. The first-order valence-corrected chi connectivity index (χ1v) is 6.69. The summed E-state index contributed by atoms with van der Waals surface area (Å²) in [6.45, 7) is 4.02. The predicted octanol–water partition coefficient (Wildman–Crippen LogP) is 3.90. The number of esters is 1. The number of carbonyl (C=O) groups excluding carboxylic acids is 1. The Hall–Kier alpha value is -2.55. The molecule has 0 amide bonds. The van der Waals surface area contributed by atoms with E-state index >= 15 is 0 Å². The zero-order chi connectivity index (χ0) is 15.2. The van der Waals surface area contributed by atoms with Crippen LogP contribution in [0.15, 0.2) is 54.6 Å². The number of methoxy groups -OCH3 is 1. The molecule has 2 aromatic rings. The van der Waals surface area contributed by atoms with Crippen molar-refractivity contribution in [3.05, 3.63) is 71.3 Å². The topological polar surface area (TPSA) is 35.5 Å². The van der Waals surface area contributed by atoms with Crippen molar-refractivity contribution in [1.29, 1.82) is 0 Å². The van der Waals surface area contributed by atoms with Crippen LogP contribution in [0.3, 0.4) is 0 Å². The van der Waals surface area contributed by atoms with Gasteiger partial charge in [-0.25, -0.2) is 4.79 Å². The summed E-state index contributed by atoms with van der Waals surface area (Å²) in [6.07, 6.45) is 1.35. The highest BCUT2D eigenvalue weighted by molar-refractivity contribution is 5.90. The number of benzene rings is 2. The first-order valence-electron chi connectivity index (χ1n) is 6.69. The van der Waals surface area contributed by atoms with Crippen molar-refractivity contribution in [2.24, 2.45) is 0 Å². The van der Waals surface area contributed by atoms with E-state index in [0.717, 1.165) is 16.7 Å². The zero-order valence-corrected chi connectivity index (χ0v) is 12.4. The largest absolute Gasteiger partial charge is 0.466 e. The van der Waals surface area contributed by atoms with Gasteiger partial charge < -0.3 is 9.47 Å². The Morgan fingerprint density at radius 1 is 0.905 bits per heavy atom. The Bertz CT molecular complexity index is 637. The minimum Gasteiger partial charge on any atom is -0.466 e. The van der Waals surface area contributed by atoms with E-state index < -0.39 is 5.97 Å². The zero-order valence-electron chi connectivity index (χ0n) is 12.4. The molecule has 0 aromatic heterocycles. The molecule has 0 heterocycles. The van der Waals surface area contributed by atoms with Crippen LogP contribution >= 0.6 is 0 Å². The third-order valence-electron chi connectivity index (χ3n) is 3.04. The van der Waals surface area contributed by atoms with Crippen LogP contribution in [0.5, 0.6) is 5.75 Å². The summed E-state index contributed by atoms with van der Waals surface area (Å²) in [5.41, 5.74) is 3.12. The van der Waals surface area contributed by atoms with E-state index in [-0.39, 0.29) is 0 Å². The van der Waals surface area contributed by atoms with Crippen molar-refractivity contribution in [2.75, 3.05) is 7.11 Å². The van der Waals surface area contributed by atoms with E-state index in [4.69, 9.17) is 4.74 Å². The number of hydrogen-bond acceptors (Lipinski definition) is 3. The van der Waals surface area contributed by atoms with Gasteiger partial charge in [0.15, 0.2) is 0 Å². The quantitative estimate of drug-likeness (QED) is 0.485. The molecule has 0 saturated carbocycles. The Morgan fingerprint density at radius 2 is 1.43 bits per heavy atom. The van der Waals surface area contributed by atoms with Crippen molar-refractivity contribution in [3.63, 3.8) is 0 Å². The molecule has 3 heteroatoms. The highest BCUT2D eigenvalue weighted by Gasteiger charge is 2.08. The summed E-state index contributed by atoms with van der Waals surface area (Å²) < 4.78 is 10.5. The minimum absolute atomic E-state index is 0.447. The molecule has 0 aliphatic heterocycles. The average Bonchev–Trinajstić information content (AvgIpc) is 2.49. The highest BCUT2D eigenvalue weighted by Crippen LogP contribution is 2.22. The van der Waals surface area contributed by atoms with E-state index in [1.807, 2.05) is 62.4 Å². The van der Waals surface area contributed by atoms with E-state index in [0.29, 0.717) is 11.5 Å². The van der Waals surface area contributed by atoms with Gasteiger partial charge in [0, 0.05) is 5.56 Å². The fourth-order valence-electron chi connectivity index (χ4n) is 1.79. The van der Waals surface area contributed by atoms with Gasteiger partial charge in [0.2, 0.25) is 0 Å². The van der Waals surface area contributed by atoms with Crippen LogP contribution in [0.25, 0.3) is 5.76 Å². The molecule has 3 nitrogen and oxygen atoms in total. The first kappa shape index (κ1) is 14.9. The first-order chi connectivity index (χ1) is 10.1. The third-order valence-corrected chi connectivity index (χ3v) is 3.04. The normalized spacial score (nSPS) is 11.1. The van der Waals surface area contributed by atoms with Crippen LogP contribution < -0.4 is 4.74 Å². The van der Waals surface area contributed by atoms with Gasteiger partial charge in [0.1, 0.15) is 11.5 Å². The Labute approximate surface area is 124 Å². The van der Waals surface area contributed by atoms with Gasteiger partial charge in [0.25, 0.3) is 0 Å². The lowest BCUT2D eigenvalue weighted by atomic mass is 10.1. The molecule has 0 N–H and O–H groups in total. The summed E-state index contributed by atoms with van der Waals surface area (Å²) >= 11 is 0. The predicted molar refractivity (Wildman–Crippen MR) is 83.0 cm³/mol. The minimum atomic E-state index is -0.447. The summed E-state index contributed by atoms with van der Waals surface area (Å²) in [7, 11) is 1.34. The van der Waals surface area contributed by atoms with Crippen LogP contribution in [0, 0.1) is 13.8 Å². The monoisotopic (exact) mass is 282 g/mol. The second-order valence-electron chi connectivity index (χ2n) is 4.81. The van der Waals surface area contributed by atoms with Crippen molar-refractivity contribution in [1.82, 2.24) is 0 Å². The van der Waals surface area contributed by atoms with Crippen LogP contribution in [0.4, 0.5) is 0 Å². The summed E-state index contributed by atoms with van der Waals surface area (Å²) in [5.74, 6) is 0.694. The number of carbonyl (C=O) groups is 1. The van der Waals surface area contributed by atoms with Crippen molar-refractivity contribution in [2.45, 2.75) is 13.8 Å². The van der Waals surface area contributed by atoms with Crippen molar-refractivity contribution >= 4 is 11.7 Å². The standard InChI is InChI=1S/C18H18O3/c1-13-4-8-15(9-5-13)17(12-18(19)20-3)21-16-10-6-14(2)7-11-16/h4-12H,1-3H3/b17-12-. The molecule has 0 aliphatic carbocycles. The lowest BCUT2D eigenvalue weighted by Crippen LogP contribution is -2.02. The van der Waals surface area contributed by atoms with Crippen molar-refractivity contribution in [3.8, 4) is 5.75 Å². The fraction of sp³-hybridized carbons (Fsp3) is 0.167. The number of hydrogen-bond donors (Lipinski definition) is 0. The number of ether oxygens (including phenoxy) is 2. The highest BCUT2D eigenvalue weighted by atomic mass is 16.5. The van der Waals surface area contributed by atoms with E-state index in [1.54, 1.807) is 0 Å². The molecular weight excluding hydrogens is 264 g/mol. The van der Waals surface area contributed by atoms with Gasteiger partial charge in [-0.1, -0.05) is 47.5 Å². The second kappa shape index (κ2) is 6.75. The molecule has 108 valence electrons. The van der Waals surface area contributed by atoms with Crippen molar-refractivity contribution < 1.29 is 14.3 Å². The van der Waals surface area contributed by atoms with Gasteiger partial charge in [-0.05, 0) is 26.0 Å². The van der Waals surface area contributed by atoms with Crippen LogP contribution in [-0.4, -0.2) is 13.1 Å². The lowest BCUT2D eigenvalue weighted by molar-refractivity contribution is -0.134. The Morgan fingerprint density at radius 3 is 1.95 bits per heavy atom. The Kier molecular flexibility index (Phi) is 4.77. The molecule has 2 aromatic carbocycles. The molecule has 0 unspecified atom stereocenters. The summed E-state index contributed by atoms with van der Waals surface area (Å²) in [6, 6.07) is 15.4. The Balaban J connectivity index is 2.32. The maximum atomic E-state index is 11.5. The summed E-state index contributed by atoms with van der Waals surface area (Å²) in [4.78, 5) is 11.5. The van der Waals surface area contributed by atoms with Crippen LogP contribution in [0.1, 0.15) is 16.7 Å². The average molecular weight is 282 g/mol. The molecule has 0 aliphatic rings. The molecule has 0 atom stereocenters. The van der Waals surface area contributed by atoms with Gasteiger partial charge in [0.05, 0.1) is 13.2 Å². The smallest absolute Gasteiger partial charge is 0.334 e. The second-order valence-corrected chi connectivity index (χ2v) is 4.81. The molecule has 0 radical (unpaired) electrons. The maximum Gasteiger partial charge on any atom is 0.334 e. The molecule has 0 fully saturated rings. The van der Waals surface area contributed by atoms with E-state index in [9.17, 15) is 4.79 Å². The summed E-state index contributed by atoms with van der Waals surface area (Å²) in [5, 5.41) is 0. The van der Waals surface area contributed by atoms with Gasteiger partial charge >= 0.3 is 5.97 Å². The fourth-order valence-corrected chi connectivity index (χ4v) is 1.79. The van der Waals surface area contributed by atoms with Gasteiger partial charge in [-0.3, -0.25) is 0 Å². The van der Waals surface area contributed by atoms with E-state index in [1.165, 1.54) is 13.2 Å². The van der Waals surface area contributed by atoms with Crippen LogP contribution in [0.2, 0.25) is 0 Å². The third kappa shape index (κ3) is 4.21. The number of aryl methyl sites for hydroxylation is 2.